The molecule has 0 aromatic rings. The van der Waals surface area contributed by atoms with E-state index in [4.69, 9.17) is 10.2 Å². The van der Waals surface area contributed by atoms with Crippen molar-refractivity contribution in [3.8, 4) is 0 Å². The SMILES string of the molecule is CC(C)(C)O[Si](C)(C)CCCN. The van der Waals surface area contributed by atoms with Crippen LogP contribution in [0.3, 0.4) is 0 Å². The molecular formula is C9H23NOSi. The molecule has 2 N–H and O–H groups in total. The number of hydrogen-bond acceptors (Lipinski definition) is 2. The van der Waals surface area contributed by atoms with E-state index < -0.39 is 8.32 Å². The minimum Gasteiger partial charge on any atom is -0.413 e. The number of rotatable bonds is 4. The Labute approximate surface area is 77.6 Å². The molecule has 0 aromatic carbocycles. The maximum atomic E-state index is 6.01. The zero-order chi connectivity index (χ0) is 9.83. The van der Waals surface area contributed by atoms with Crippen LogP contribution < -0.4 is 5.73 Å². The number of nitrogens with two attached hydrogens (primary N) is 1. The van der Waals surface area contributed by atoms with Crippen LogP contribution in [-0.2, 0) is 4.43 Å². The molecule has 0 rings (SSSR count). The minimum atomic E-state index is -1.44. The monoisotopic (exact) mass is 189 g/mol. The highest BCUT2D eigenvalue weighted by Crippen LogP contribution is 2.20. The fraction of sp³-hybridized carbons (Fsp3) is 1.00. The summed E-state index contributed by atoms with van der Waals surface area (Å²) in [7, 11) is -1.44. The maximum absolute atomic E-state index is 6.01. The molecule has 3 heteroatoms. The largest absolute Gasteiger partial charge is 0.413 e. The van der Waals surface area contributed by atoms with Crippen LogP contribution in [0.5, 0.6) is 0 Å². The predicted molar refractivity (Wildman–Crippen MR) is 56.8 cm³/mol. The maximum Gasteiger partial charge on any atom is 0.187 e. The van der Waals surface area contributed by atoms with E-state index in [1.54, 1.807) is 0 Å². The molecule has 0 spiro atoms. The van der Waals surface area contributed by atoms with E-state index in [1.807, 2.05) is 0 Å². The Morgan fingerprint density at radius 2 is 1.75 bits per heavy atom. The third-order valence-electron chi connectivity index (χ3n) is 1.57. The molecule has 74 valence electrons. The minimum absolute atomic E-state index is 0.00429. The summed E-state index contributed by atoms with van der Waals surface area (Å²) in [6, 6.07) is 1.17. The van der Waals surface area contributed by atoms with Crippen LogP contribution in [0, 0.1) is 0 Å². The van der Waals surface area contributed by atoms with Gasteiger partial charge < -0.3 is 10.2 Å². The quantitative estimate of drug-likeness (QED) is 0.689. The van der Waals surface area contributed by atoms with Crippen molar-refractivity contribution < 1.29 is 4.43 Å². The first-order valence-corrected chi connectivity index (χ1v) is 7.79. The Kier molecular flexibility index (Phi) is 4.44. The summed E-state index contributed by atoms with van der Waals surface area (Å²) in [5.41, 5.74) is 5.47. The van der Waals surface area contributed by atoms with Crippen molar-refractivity contribution in [2.75, 3.05) is 6.54 Å². The van der Waals surface area contributed by atoms with Gasteiger partial charge in [-0.15, -0.1) is 0 Å². The fourth-order valence-corrected chi connectivity index (χ4v) is 4.22. The molecule has 2 nitrogen and oxygen atoms in total. The van der Waals surface area contributed by atoms with Crippen LogP contribution in [0.4, 0.5) is 0 Å². The molecule has 0 aromatic heterocycles. The molecule has 0 aliphatic heterocycles. The Bertz CT molecular complexity index is 129. The van der Waals surface area contributed by atoms with Crippen LogP contribution in [0.15, 0.2) is 0 Å². The van der Waals surface area contributed by atoms with Crippen LogP contribution in [-0.4, -0.2) is 20.5 Å². The van der Waals surface area contributed by atoms with Gasteiger partial charge in [0.1, 0.15) is 0 Å². The molecule has 0 bridgehead atoms. The van der Waals surface area contributed by atoms with Gasteiger partial charge in [-0.25, -0.2) is 0 Å². The lowest BCUT2D eigenvalue weighted by atomic mass is 10.2. The summed E-state index contributed by atoms with van der Waals surface area (Å²) in [6.45, 7) is 11.6. The summed E-state index contributed by atoms with van der Waals surface area (Å²) in [4.78, 5) is 0. The van der Waals surface area contributed by atoms with Crippen LogP contribution in [0.25, 0.3) is 0 Å². The average Bonchev–Trinajstić information content (AvgIpc) is 1.78. The van der Waals surface area contributed by atoms with Gasteiger partial charge in [-0.3, -0.25) is 0 Å². The van der Waals surface area contributed by atoms with Crippen LogP contribution >= 0.6 is 0 Å². The normalized spacial score (nSPS) is 13.5. The van der Waals surface area contributed by atoms with Gasteiger partial charge in [0.25, 0.3) is 0 Å². The zero-order valence-electron chi connectivity index (χ0n) is 9.11. The van der Waals surface area contributed by atoms with E-state index in [9.17, 15) is 0 Å². The second kappa shape index (κ2) is 4.39. The van der Waals surface area contributed by atoms with Crippen LogP contribution in [0.1, 0.15) is 27.2 Å². The van der Waals surface area contributed by atoms with E-state index in [0.717, 1.165) is 13.0 Å². The van der Waals surface area contributed by atoms with Crippen molar-refractivity contribution in [3.05, 3.63) is 0 Å². The molecule has 0 heterocycles. The van der Waals surface area contributed by atoms with E-state index >= 15 is 0 Å². The lowest BCUT2D eigenvalue weighted by Crippen LogP contribution is -2.39. The molecule has 0 saturated carbocycles. The lowest BCUT2D eigenvalue weighted by molar-refractivity contribution is 0.120. The third-order valence-corrected chi connectivity index (χ3v) is 4.29. The second-order valence-corrected chi connectivity index (χ2v) is 9.09. The van der Waals surface area contributed by atoms with Crippen LogP contribution in [0.2, 0.25) is 19.1 Å². The highest BCUT2D eigenvalue weighted by Gasteiger charge is 2.27. The summed E-state index contributed by atoms with van der Waals surface area (Å²) in [6.07, 6.45) is 1.09. The first kappa shape index (κ1) is 12.1. The van der Waals surface area contributed by atoms with E-state index in [-0.39, 0.29) is 5.60 Å². The zero-order valence-corrected chi connectivity index (χ0v) is 10.1. The van der Waals surface area contributed by atoms with Gasteiger partial charge in [-0.05, 0) is 52.9 Å². The third kappa shape index (κ3) is 6.82. The molecule has 0 unspecified atom stereocenters. The Morgan fingerprint density at radius 3 is 2.08 bits per heavy atom. The van der Waals surface area contributed by atoms with Crippen molar-refractivity contribution in [1.82, 2.24) is 0 Å². The summed E-state index contributed by atoms with van der Waals surface area (Å²) in [5.74, 6) is 0. The molecule has 0 radical (unpaired) electrons. The lowest BCUT2D eigenvalue weighted by Gasteiger charge is -2.32. The standard InChI is InChI=1S/C9H23NOSi/c1-9(2,3)11-12(4,5)8-6-7-10/h6-8,10H2,1-5H3. The fourth-order valence-electron chi connectivity index (χ4n) is 1.41. The predicted octanol–water partition coefficient (Wildman–Crippen LogP) is 2.36. The van der Waals surface area contributed by atoms with Crippen molar-refractivity contribution >= 4 is 8.32 Å². The van der Waals surface area contributed by atoms with E-state index in [2.05, 4.69) is 33.9 Å². The number of hydrogen-bond donors (Lipinski definition) is 1. The van der Waals surface area contributed by atoms with Gasteiger partial charge in [0.05, 0.1) is 0 Å². The Morgan fingerprint density at radius 1 is 1.25 bits per heavy atom. The topological polar surface area (TPSA) is 35.2 Å². The van der Waals surface area contributed by atoms with Crippen molar-refractivity contribution in [3.63, 3.8) is 0 Å². The van der Waals surface area contributed by atoms with Crippen molar-refractivity contribution in [2.24, 2.45) is 5.73 Å². The average molecular weight is 189 g/mol. The Balaban J connectivity index is 3.86. The van der Waals surface area contributed by atoms with Gasteiger partial charge in [-0.1, -0.05) is 0 Å². The first-order chi connectivity index (χ1) is 5.27. The molecule has 12 heavy (non-hydrogen) atoms. The molecule has 0 aliphatic rings. The summed E-state index contributed by atoms with van der Waals surface area (Å²) >= 11 is 0. The van der Waals surface area contributed by atoms with Gasteiger partial charge in [0.15, 0.2) is 8.32 Å². The van der Waals surface area contributed by atoms with Gasteiger partial charge in [-0.2, -0.15) is 0 Å². The molecular weight excluding hydrogens is 166 g/mol. The highest BCUT2D eigenvalue weighted by atomic mass is 28.4. The summed E-state index contributed by atoms with van der Waals surface area (Å²) < 4.78 is 6.01. The highest BCUT2D eigenvalue weighted by molar-refractivity contribution is 6.71. The van der Waals surface area contributed by atoms with E-state index in [1.165, 1.54) is 6.04 Å². The smallest absolute Gasteiger partial charge is 0.187 e. The molecule has 0 atom stereocenters. The molecule has 0 aliphatic carbocycles. The molecule has 0 amide bonds. The Hall–Kier alpha value is 0.137. The second-order valence-electron chi connectivity index (χ2n) is 4.87. The van der Waals surface area contributed by atoms with Crippen molar-refractivity contribution in [2.45, 2.75) is 51.9 Å². The van der Waals surface area contributed by atoms with Gasteiger partial charge >= 0.3 is 0 Å². The molecule has 0 saturated heterocycles. The molecule has 0 fully saturated rings. The van der Waals surface area contributed by atoms with Gasteiger partial charge in [0.2, 0.25) is 0 Å². The summed E-state index contributed by atoms with van der Waals surface area (Å²) in [5, 5.41) is 0. The van der Waals surface area contributed by atoms with Crippen molar-refractivity contribution in [1.29, 1.82) is 0 Å². The first-order valence-electron chi connectivity index (χ1n) is 4.67. The van der Waals surface area contributed by atoms with E-state index in [0.29, 0.717) is 0 Å². The van der Waals surface area contributed by atoms with Gasteiger partial charge in [0, 0.05) is 5.60 Å².